The molecule has 0 aliphatic heterocycles. The molecule has 0 aliphatic rings. The molecular weight excluding hydrogens is 320 g/mol. The van der Waals surface area contributed by atoms with E-state index < -0.39 is 0 Å². The van der Waals surface area contributed by atoms with Gasteiger partial charge in [0.05, 0.1) is 0 Å². The molecule has 0 amide bonds. The molecule has 0 aliphatic carbocycles. The zero-order valence-corrected chi connectivity index (χ0v) is 15.0. The summed E-state index contributed by atoms with van der Waals surface area (Å²) in [6.07, 6.45) is 1.05. The number of phenolic OH excluding ortho intramolecular Hbond substituents is 2. The summed E-state index contributed by atoms with van der Waals surface area (Å²) in [4.78, 5) is 0. The van der Waals surface area contributed by atoms with E-state index in [0.717, 1.165) is 28.0 Å². The van der Waals surface area contributed by atoms with Crippen molar-refractivity contribution in [3.05, 3.63) is 72.3 Å². The van der Waals surface area contributed by atoms with Crippen LogP contribution in [0.2, 0.25) is 0 Å². The minimum atomic E-state index is 0.181. The smallest absolute Gasteiger partial charge is 0.124 e. The average Bonchev–Trinajstić information content (AvgIpc) is 2.67. The van der Waals surface area contributed by atoms with Gasteiger partial charge in [-0.15, -0.1) is 0 Å². The summed E-state index contributed by atoms with van der Waals surface area (Å²) in [6.45, 7) is 4.40. The van der Waals surface area contributed by atoms with Crippen LogP contribution in [0.15, 0.2) is 66.7 Å². The summed E-state index contributed by atoms with van der Waals surface area (Å²) >= 11 is 0. The largest absolute Gasteiger partial charge is 0.507 e. The lowest BCUT2D eigenvalue weighted by molar-refractivity contribution is 0.470. The maximum atomic E-state index is 10.7. The Balaban J connectivity index is 2.14. The summed E-state index contributed by atoms with van der Waals surface area (Å²) in [5.74, 6) is 0.795. The number of aromatic hydroxyl groups is 2. The second kappa shape index (κ2) is 6.38. The van der Waals surface area contributed by atoms with Gasteiger partial charge < -0.3 is 10.2 Å². The van der Waals surface area contributed by atoms with Crippen LogP contribution >= 0.6 is 0 Å². The molecule has 0 bridgehead atoms. The topological polar surface area (TPSA) is 40.5 Å². The fraction of sp³-hybridized carbons (Fsp3) is 0.167. The molecule has 0 saturated carbocycles. The summed E-state index contributed by atoms with van der Waals surface area (Å²) in [5, 5.41) is 25.4. The molecule has 0 heterocycles. The normalized spacial score (nSPS) is 12.5. The van der Waals surface area contributed by atoms with Gasteiger partial charge in [-0.2, -0.15) is 0 Å². The van der Waals surface area contributed by atoms with Crippen LogP contribution in [0.5, 0.6) is 11.5 Å². The molecule has 0 fully saturated rings. The van der Waals surface area contributed by atoms with E-state index in [1.165, 1.54) is 5.56 Å². The fourth-order valence-electron chi connectivity index (χ4n) is 3.81. The lowest BCUT2D eigenvalue weighted by Crippen LogP contribution is -1.94. The predicted molar refractivity (Wildman–Crippen MR) is 109 cm³/mol. The summed E-state index contributed by atoms with van der Waals surface area (Å²) in [7, 11) is 0. The molecule has 2 N–H and O–H groups in total. The fourth-order valence-corrected chi connectivity index (χ4v) is 3.81. The molecule has 26 heavy (non-hydrogen) atoms. The lowest BCUT2D eigenvalue weighted by atomic mass is 9.88. The minimum absolute atomic E-state index is 0.181. The van der Waals surface area contributed by atoms with Gasteiger partial charge in [-0.05, 0) is 51.6 Å². The van der Waals surface area contributed by atoms with E-state index in [2.05, 4.69) is 19.9 Å². The Bertz CT molecular complexity index is 1110. The van der Waals surface area contributed by atoms with Crippen molar-refractivity contribution in [3.63, 3.8) is 0 Å². The number of phenols is 2. The zero-order valence-electron chi connectivity index (χ0n) is 15.0. The first-order chi connectivity index (χ1) is 12.6. The third-order valence-corrected chi connectivity index (χ3v) is 5.37. The highest BCUT2D eigenvalue weighted by Crippen LogP contribution is 2.45. The molecule has 4 rings (SSSR count). The highest BCUT2D eigenvalue weighted by molar-refractivity contribution is 6.10. The number of hydrogen-bond donors (Lipinski definition) is 2. The van der Waals surface area contributed by atoms with Crippen LogP contribution in [0.1, 0.15) is 31.7 Å². The van der Waals surface area contributed by atoms with Gasteiger partial charge in [-0.25, -0.2) is 0 Å². The maximum absolute atomic E-state index is 10.7. The van der Waals surface area contributed by atoms with Crippen LogP contribution < -0.4 is 0 Å². The van der Waals surface area contributed by atoms with Crippen molar-refractivity contribution in [3.8, 4) is 22.6 Å². The molecule has 0 saturated heterocycles. The first-order valence-corrected chi connectivity index (χ1v) is 9.07. The van der Waals surface area contributed by atoms with Gasteiger partial charge in [0.25, 0.3) is 0 Å². The first kappa shape index (κ1) is 16.5. The van der Waals surface area contributed by atoms with Crippen molar-refractivity contribution in [2.75, 3.05) is 0 Å². The number of fused-ring (bicyclic) bond motifs is 2. The molecule has 1 unspecified atom stereocenters. The number of rotatable bonds is 3. The van der Waals surface area contributed by atoms with Crippen molar-refractivity contribution in [1.82, 2.24) is 0 Å². The van der Waals surface area contributed by atoms with E-state index in [1.807, 2.05) is 48.5 Å². The summed E-state index contributed by atoms with van der Waals surface area (Å²) in [5.41, 5.74) is 2.65. The second-order valence-electron chi connectivity index (χ2n) is 6.89. The van der Waals surface area contributed by atoms with E-state index in [4.69, 9.17) is 0 Å². The summed E-state index contributed by atoms with van der Waals surface area (Å²) in [6, 6.07) is 21.5. The van der Waals surface area contributed by atoms with Crippen molar-refractivity contribution in [2.24, 2.45) is 0 Å². The standard InChI is InChI=1S/C24H22O2/c1-3-15(2)17-9-6-10-20-19(17)12-14-22(26)24(20)23-18-8-5-4-7-16(18)11-13-21(23)25/h4-15,25-26H,3H2,1-2H3. The molecule has 2 heteroatoms. The molecule has 4 aromatic rings. The van der Waals surface area contributed by atoms with Crippen LogP contribution in [0.3, 0.4) is 0 Å². The van der Waals surface area contributed by atoms with Crippen LogP contribution in [-0.2, 0) is 0 Å². The van der Waals surface area contributed by atoms with Crippen LogP contribution in [0.25, 0.3) is 32.7 Å². The van der Waals surface area contributed by atoms with Gasteiger partial charge in [0, 0.05) is 11.1 Å². The highest BCUT2D eigenvalue weighted by atomic mass is 16.3. The quantitative estimate of drug-likeness (QED) is 0.441. The maximum Gasteiger partial charge on any atom is 0.124 e. The van der Waals surface area contributed by atoms with Crippen LogP contribution in [0.4, 0.5) is 0 Å². The Hall–Kier alpha value is -3.00. The zero-order chi connectivity index (χ0) is 18.3. The minimum Gasteiger partial charge on any atom is -0.507 e. The Morgan fingerprint density at radius 1 is 0.692 bits per heavy atom. The van der Waals surface area contributed by atoms with Crippen LogP contribution in [-0.4, -0.2) is 10.2 Å². The van der Waals surface area contributed by atoms with E-state index in [0.29, 0.717) is 17.0 Å². The van der Waals surface area contributed by atoms with Crippen molar-refractivity contribution in [2.45, 2.75) is 26.2 Å². The molecule has 130 valence electrons. The third kappa shape index (κ3) is 2.50. The predicted octanol–water partition coefficient (Wildman–Crippen LogP) is 6.58. The Morgan fingerprint density at radius 3 is 2.12 bits per heavy atom. The first-order valence-electron chi connectivity index (χ1n) is 9.07. The number of benzene rings is 4. The lowest BCUT2D eigenvalue weighted by Gasteiger charge is -2.17. The van der Waals surface area contributed by atoms with E-state index in [9.17, 15) is 10.2 Å². The molecule has 0 radical (unpaired) electrons. The molecule has 0 aromatic heterocycles. The van der Waals surface area contributed by atoms with E-state index in [-0.39, 0.29) is 11.5 Å². The SMILES string of the molecule is CCC(C)c1cccc2c(-c3c(O)ccc4ccccc34)c(O)ccc12. The molecule has 4 aromatic carbocycles. The van der Waals surface area contributed by atoms with E-state index in [1.54, 1.807) is 12.1 Å². The molecular formula is C24H22O2. The molecule has 2 nitrogen and oxygen atoms in total. The van der Waals surface area contributed by atoms with Crippen molar-refractivity contribution < 1.29 is 10.2 Å². The van der Waals surface area contributed by atoms with Gasteiger partial charge in [0.15, 0.2) is 0 Å². The van der Waals surface area contributed by atoms with Crippen LogP contribution in [0, 0.1) is 0 Å². The average molecular weight is 342 g/mol. The van der Waals surface area contributed by atoms with Gasteiger partial charge in [0.2, 0.25) is 0 Å². The van der Waals surface area contributed by atoms with E-state index >= 15 is 0 Å². The number of hydrogen-bond acceptors (Lipinski definition) is 2. The van der Waals surface area contributed by atoms with Crippen molar-refractivity contribution in [1.29, 1.82) is 0 Å². The second-order valence-corrected chi connectivity index (χ2v) is 6.89. The Labute approximate surface area is 153 Å². The van der Waals surface area contributed by atoms with Gasteiger partial charge in [-0.1, -0.05) is 68.4 Å². The summed E-state index contributed by atoms with van der Waals surface area (Å²) < 4.78 is 0. The third-order valence-electron chi connectivity index (χ3n) is 5.37. The molecule has 1 atom stereocenters. The van der Waals surface area contributed by atoms with Gasteiger partial charge in [0.1, 0.15) is 11.5 Å². The highest BCUT2D eigenvalue weighted by Gasteiger charge is 2.18. The Kier molecular flexibility index (Phi) is 4.04. The Morgan fingerprint density at radius 2 is 1.35 bits per heavy atom. The molecule has 0 spiro atoms. The monoisotopic (exact) mass is 342 g/mol. The van der Waals surface area contributed by atoms with Gasteiger partial charge in [-0.3, -0.25) is 0 Å². The van der Waals surface area contributed by atoms with Crippen molar-refractivity contribution >= 4 is 21.5 Å². The van der Waals surface area contributed by atoms with Gasteiger partial charge >= 0.3 is 0 Å².